The van der Waals surface area contributed by atoms with Crippen LogP contribution in [0.5, 0.6) is 0 Å². The maximum absolute atomic E-state index is 5.99. The van der Waals surface area contributed by atoms with Crippen molar-refractivity contribution in [1.29, 1.82) is 0 Å². The molecule has 0 aromatic carbocycles. The monoisotopic (exact) mass is 225 g/mol. The topological polar surface area (TPSA) is 50.9 Å². The van der Waals surface area contributed by atoms with Gasteiger partial charge < -0.3 is 5.73 Å². The summed E-state index contributed by atoms with van der Waals surface area (Å²) < 4.78 is 0. The fraction of sp³-hybridized carbons (Fsp3) is 0.917. The molecule has 2 aliphatic rings. The third kappa shape index (κ3) is 2.74. The van der Waals surface area contributed by atoms with Crippen molar-refractivity contribution in [2.24, 2.45) is 10.7 Å². The number of hydrogen-bond donors (Lipinski definition) is 1. The largest absolute Gasteiger partial charge is 0.386 e. The summed E-state index contributed by atoms with van der Waals surface area (Å²) in [4.78, 5) is 10.5. The van der Waals surface area contributed by atoms with Gasteiger partial charge in [-0.05, 0) is 33.6 Å². The fourth-order valence-corrected chi connectivity index (χ4v) is 2.56. The minimum absolute atomic E-state index is 0.153. The van der Waals surface area contributed by atoms with Gasteiger partial charge in [0.1, 0.15) is 5.84 Å². The van der Waals surface area contributed by atoms with Gasteiger partial charge in [-0.1, -0.05) is 12.8 Å². The zero-order valence-electron chi connectivity index (χ0n) is 10.6. The van der Waals surface area contributed by atoms with Crippen molar-refractivity contribution in [3.05, 3.63) is 0 Å². The average molecular weight is 225 g/mol. The quantitative estimate of drug-likeness (QED) is 0.739. The molecule has 4 heteroatoms. The van der Waals surface area contributed by atoms with E-state index in [1.807, 2.05) is 0 Å². The second-order valence-corrected chi connectivity index (χ2v) is 5.82. The zero-order valence-corrected chi connectivity index (χ0v) is 10.6. The van der Waals surface area contributed by atoms with Crippen LogP contribution in [0.25, 0.3) is 0 Å². The number of aliphatic imine (C=N–C) groups is 1. The fourth-order valence-electron chi connectivity index (χ4n) is 2.56. The van der Waals surface area contributed by atoms with Gasteiger partial charge in [0.05, 0.1) is 24.2 Å². The first kappa shape index (κ1) is 11.9. The van der Waals surface area contributed by atoms with Crippen LogP contribution in [0, 0.1) is 0 Å². The van der Waals surface area contributed by atoms with Crippen LogP contribution in [0.4, 0.5) is 0 Å². The van der Waals surface area contributed by atoms with Crippen LogP contribution in [0.2, 0.25) is 0 Å². The minimum atomic E-state index is -0.153. The highest BCUT2D eigenvalue weighted by molar-refractivity contribution is 5.83. The van der Waals surface area contributed by atoms with Crippen molar-refractivity contribution in [2.45, 2.75) is 64.1 Å². The van der Waals surface area contributed by atoms with Gasteiger partial charge in [-0.3, -0.25) is 9.83 Å². The van der Waals surface area contributed by atoms with Crippen LogP contribution in [0.3, 0.4) is 0 Å². The van der Waals surface area contributed by atoms with Gasteiger partial charge >= 0.3 is 0 Å². The summed E-state index contributed by atoms with van der Waals surface area (Å²) in [6, 6.07) is 0.783. The molecule has 0 spiro atoms. The van der Waals surface area contributed by atoms with E-state index in [1.54, 1.807) is 0 Å². The second-order valence-electron chi connectivity index (χ2n) is 5.82. The first-order chi connectivity index (χ1) is 7.46. The molecular formula is C12H23N3O. The van der Waals surface area contributed by atoms with E-state index in [4.69, 9.17) is 10.6 Å². The summed E-state index contributed by atoms with van der Waals surface area (Å²) in [5, 5.41) is 2.06. The molecule has 2 atom stereocenters. The molecule has 0 bridgehead atoms. The highest BCUT2D eigenvalue weighted by Gasteiger charge is 2.36. The Hall–Kier alpha value is -0.610. The third-order valence-corrected chi connectivity index (χ3v) is 3.10. The van der Waals surface area contributed by atoms with E-state index in [2.05, 4.69) is 30.8 Å². The summed E-state index contributed by atoms with van der Waals surface area (Å²) in [6.45, 7) is 6.88. The Kier molecular flexibility index (Phi) is 3.22. The molecule has 0 amide bonds. The van der Waals surface area contributed by atoms with Crippen molar-refractivity contribution >= 4 is 5.84 Å². The standard InChI is InChI=1S/C12H23N3O/c1-12(2,3)16-15-8-11(13)14-9-6-4-5-7-10(9)15/h9-10H,4-8H2,1-3H3,(H2,13,14). The average Bonchev–Trinajstić information content (AvgIpc) is 2.14. The number of hydrogen-bond acceptors (Lipinski definition) is 4. The van der Waals surface area contributed by atoms with Crippen LogP contribution in [-0.2, 0) is 4.84 Å². The SMILES string of the molecule is CC(C)(C)ON1CC(N)=NC2CCCCC21. The molecule has 16 heavy (non-hydrogen) atoms. The van der Waals surface area contributed by atoms with Crippen molar-refractivity contribution in [2.75, 3.05) is 6.54 Å². The smallest absolute Gasteiger partial charge is 0.111 e. The first-order valence-corrected chi connectivity index (χ1v) is 6.23. The maximum atomic E-state index is 5.99. The van der Waals surface area contributed by atoms with Crippen molar-refractivity contribution in [3.8, 4) is 0 Å². The Labute approximate surface area is 97.8 Å². The third-order valence-electron chi connectivity index (χ3n) is 3.10. The molecule has 2 N–H and O–H groups in total. The Morgan fingerprint density at radius 2 is 2.00 bits per heavy atom. The summed E-state index contributed by atoms with van der Waals surface area (Å²) >= 11 is 0. The normalized spacial score (nSPS) is 32.1. The van der Waals surface area contributed by atoms with E-state index in [9.17, 15) is 0 Å². The first-order valence-electron chi connectivity index (χ1n) is 6.23. The Morgan fingerprint density at radius 3 is 2.69 bits per heavy atom. The van der Waals surface area contributed by atoms with Crippen LogP contribution in [0.1, 0.15) is 46.5 Å². The Balaban J connectivity index is 2.10. The minimum Gasteiger partial charge on any atom is -0.386 e. The molecule has 2 rings (SSSR count). The lowest BCUT2D eigenvalue weighted by molar-refractivity contribution is -0.250. The number of fused-ring (bicyclic) bond motifs is 1. The van der Waals surface area contributed by atoms with Crippen molar-refractivity contribution < 1.29 is 4.84 Å². The van der Waals surface area contributed by atoms with E-state index in [0.717, 1.165) is 6.42 Å². The lowest BCUT2D eigenvalue weighted by atomic mass is 9.89. The molecule has 1 saturated carbocycles. The summed E-state index contributed by atoms with van der Waals surface area (Å²) in [7, 11) is 0. The molecule has 1 fully saturated rings. The van der Waals surface area contributed by atoms with Gasteiger partial charge in [-0.2, -0.15) is 5.06 Å². The predicted octanol–water partition coefficient (Wildman–Crippen LogP) is 1.70. The van der Waals surface area contributed by atoms with Gasteiger partial charge in [-0.25, -0.2) is 0 Å². The number of nitrogens with zero attached hydrogens (tertiary/aromatic N) is 2. The number of amidine groups is 1. The lowest BCUT2D eigenvalue weighted by Gasteiger charge is -2.43. The van der Waals surface area contributed by atoms with Gasteiger partial charge in [0.25, 0.3) is 0 Å². The van der Waals surface area contributed by atoms with Crippen LogP contribution in [0.15, 0.2) is 4.99 Å². The van der Waals surface area contributed by atoms with Gasteiger partial charge in [0.15, 0.2) is 0 Å². The molecule has 0 radical (unpaired) electrons. The van der Waals surface area contributed by atoms with Crippen molar-refractivity contribution in [1.82, 2.24) is 5.06 Å². The van der Waals surface area contributed by atoms with Gasteiger partial charge in [-0.15, -0.1) is 0 Å². The maximum Gasteiger partial charge on any atom is 0.111 e. The molecule has 1 aliphatic heterocycles. The van der Waals surface area contributed by atoms with E-state index < -0.39 is 0 Å². The number of nitrogens with two attached hydrogens (primary N) is 1. The zero-order chi connectivity index (χ0) is 11.8. The van der Waals surface area contributed by atoms with Crippen LogP contribution in [-0.4, -0.2) is 35.1 Å². The molecule has 4 nitrogen and oxygen atoms in total. The lowest BCUT2D eigenvalue weighted by Crippen LogP contribution is -2.54. The van der Waals surface area contributed by atoms with Gasteiger partial charge in [0.2, 0.25) is 0 Å². The van der Waals surface area contributed by atoms with E-state index in [-0.39, 0.29) is 5.60 Å². The second kappa shape index (κ2) is 4.34. The molecule has 92 valence electrons. The molecule has 0 aromatic heterocycles. The van der Waals surface area contributed by atoms with E-state index in [0.29, 0.717) is 24.5 Å². The van der Waals surface area contributed by atoms with Crippen LogP contribution < -0.4 is 5.73 Å². The van der Waals surface area contributed by atoms with Crippen molar-refractivity contribution in [3.63, 3.8) is 0 Å². The molecular weight excluding hydrogens is 202 g/mol. The van der Waals surface area contributed by atoms with Crippen LogP contribution >= 0.6 is 0 Å². The molecule has 1 aliphatic carbocycles. The Bertz CT molecular complexity index is 282. The highest BCUT2D eigenvalue weighted by atomic mass is 16.7. The van der Waals surface area contributed by atoms with E-state index in [1.165, 1.54) is 19.3 Å². The highest BCUT2D eigenvalue weighted by Crippen LogP contribution is 2.29. The summed E-state index contributed by atoms with van der Waals surface area (Å²) in [5.41, 5.74) is 5.73. The Morgan fingerprint density at radius 1 is 1.31 bits per heavy atom. The molecule has 2 unspecified atom stereocenters. The summed E-state index contributed by atoms with van der Waals surface area (Å²) in [6.07, 6.45) is 4.87. The number of rotatable bonds is 1. The predicted molar refractivity (Wildman–Crippen MR) is 65.2 cm³/mol. The molecule has 0 saturated heterocycles. The molecule has 0 aromatic rings. The number of hydroxylamine groups is 2. The van der Waals surface area contributed by atoms with Gasteiger partial charge in [0, 0.05) is 0 Å². The van der Waals surface area contributed by atoms with E-state index >= 15 is 0 Å². The summed E-state index contributed by atoms with van der Waals surface area (Å²) in [5.74, 6) is 0.715. The molecule has 1 heterocycles.